The molecule has 3 heteroatoms. The number of hydrogen-bond donors (Lipinski definition) is 1. The average Bonchev–Trinajstić information content (AvgIpc) is 2.30. The Morgan fingerprint density at radius 3 is 2.47 bits per heavy atom. The van der Waals surface area contributed by atoms with Crippen LogP contribution in [0.1, 0.15) is 40.0 Å². The van der Waals surface area contributed by atoms with Crippen LogP contribution in [-0.4, -0.2) is 44.3 Å². The van der Waals surface area contributed by atoms with Gasteiger partial charge in [-0.1, -0.05) is 20.8 Å². The molecule has 0 aromatic carbocycles. The van der Waals surface area contributed by atoms with Crippen molar-refractivity contribution in [2.24, 2.45) is 17.1 Å². The number of ether oxygens (including phenoxy) is 1. The molecule has 0 radical (unpaired) electrons. The van der Waals surface area contributed by atoms with E-state index in [2.05, 4.69) is 25.7 Å². The van der Waals surface area contributed by atoms with E-state index >= 15 is 0 Å². The van der Waals surface area contributed by atoms with Crippen LogP contribution in [0.5, 0.6) is 0 Å². The van der Waals surface area contributed by atoms with Crippen molar-refractivity contribution < 1.29 is 4.74 Å². The van der Waals surface area contributed by atoms with Crippen molar-refractivity contribution in [3.8, 4) is 0 Å². The van der Waals surface area contributed by atoms with E-state index in [-0.39, 0.29) is 5.41 Å². The summed E-state index contributed by atoms with van der Waals surface area (Å²) in [6.45, 7) is 13.0. The van der Waals surface area contributed by atoms with Gasteiger partial charge in [-0.25, -0.2) is 0 Å². The summed E-state index contributed by atoms with van der Waals surface area (Å²) in [4.78, 5) is 2.60. The van der Waals surface area contributed by atoms with Crippen LogP contribution in [-0.2, 0) is 4.74 Å². The van der Waals surface area contributed by atoms with Crippen LogP contribution in [0, 0.1) is 11.3 Å². The highest BCUT2D eigenvalue weighted by molar-refractivity contribution is 4.77. The van der Waals surface area contributed by atoms with Crippen LogP contribution < -0.4 is 5.73 Å². The van der Waals surface area contributed by atoms with Crippen molar-refractivity contribution in [1.82, 2.24) is 4.90 Å². The SMILES string of the molecule is CCCN(CC1CCOCC1)CC(C)(C)CN. The Hall–Kier alpha value is -0.120. The molecule has 1 aliphatic rings. The van der Waals surface area contributed by atoms with E-state index in [4.69, 9.17) is 10.5 Å². The van der Waals surface area contributed by atoms with Crippen LogP contribution in [0.15, 0.2) is 0 Å². The van der Waals surface area contributed by atoms with E-state index < -0.39 is 0 Å². The summed E-state index contributed by atoms with van der Waals surface area (Å²) in [5.74, 6) is 0.823. The Kier molecular flexibility index (Phi) is 6.45. The topological polar surface area (TPSA) is 38.5 Å². The zero-order chi connectivity index (χ0) is 12.7. The maximum atomic E-state index is 5.84. The second kappa shape index (κ2) is 7.34. The molecule has 0 amide bonds. The van der Waals surface area contributed by atoms with Gasteiger partial charge in [-0.15, -0.1) is 0 Å². The van der Waals surface area contributed by atoms with E-state index in [1.54, 1.807) is 0 Å². The minimum Gasteiger partial charge on any atom is -0.381 e. The van der Waals surface area contributed by atoms with Crippen LogP contribution in [0.4, 0.5) is 0 Å². The predicted molar refractivity (Wildman–Crippen MR) is 73.1 cm³/mol. The lowest BCUT2D eigenvalue weighted by atomic mass is 9.91. The van der Waals surface area contributed by atoms with Gasteiger partial charge in [0.25, 0.3) is 0 Å². The molecule has 1 aliphatic heterocycles. The van der Waals surface area contributed by atoms with Crippen molar-refractivity contribution in [2.45, 2.75) is 40.0 Å². The van der Waals surface area contributed by atoms with E-state index in [1.165, 1.54) is 32.4 Å². The Bertz CT molecular complexity index is 200. The number of hydrogen-bond acceptors (Lipinski definition) is 3. The molecule has 0 bridgehead atoms. The summed E-state index contributed by atoms with van der Waals surface area (Å²) in [6.07, 6.45) is 3.68. The number of nitrogens with zero attached hydrogens (tertiary/aromatic N) is 1. The molecule has 0 saturated carbocycles. The summed E-state index contributed by atoms with van der Waals surface area (Å²) in [7, 11) is 0. The highest BCUT2D eigenvalue weighted by Gasteiger charge is 2.23. The molecule has 1 rings (SSSR count). The molecule has 0 aromatic rings. The van der Waals surface area contributed by atoms with Crippen molar-refractivity contribution in [3.63, 3.8) is 0 Å². The third-order valence-electron chi connectivity index (χ3n) is 3.60. The first-order valence-corrected chi connectivity index (χ1v) is 7.07. The van der Waals surface area contributed by atoms with Crippen molar-refractivity contribution in [3.05, 3.63) is 0 Å². The molecule has 1 fully saturated rings. The minimum atomic E-state index is 0.236. The fourth-order valence-electron chi connectivity index (χ4n) is 2.52. The lowest BCUT2D eigenvalue weighted by molar-refractivity contribution is 0.0469. The van der Waals surface area contributed by atoms with E-state index in [9.17, 15) is 0 Å². The lowest BCUT2D eigenvalue weighted by Crippen LogP contribution is -2.42. The van der Waals surface area contributed by atoms with Crippen molar-refractivity contribution in [1.29, 1.82) is 0 Å². The zero-order valence-electron chi connectivity index (χ0n) is 11.9. The molecule has 17 heavy (non-hydrogen) atoms. The van der Waals surface area contributed by atoms with Gasteiger partial charge >= 0.3 is 0 Å². The first kappa shape index (κ1) is 14.9. The molecule has 0 aliphatic carbocycles. The van der Waals surface area contributed by atoms with Gasteiger partial charge in [0.15, 0.2) is 0 Å². The smallest absolute Gasteiger partial charge is 0.0469 e. The quantitative estimate of drug-likeness (QED) is 0.743. The average molecular weight is 242 g/mol. The minimum absolute atomic E-state index is 0.236. The number of rotatable bonds is 7. The fraction of sp³-hybridized carbons (Fsp3) is 1.00. The van der Waals surface area contributed by atoms with Crippen molar-refractivity contribution >= 4 is 0 Å². The molecule has 2 N–H and O–H groups in total. The highest BCUT2D eigenvalue weighted by Crippen LogP contribution is 2.20. The second-order valence-corrected chi connectivity index (χ2v) is 6.16. The molecule has 0 spiro atoms. The summed E-state index contributed by atoms with van der Waals surface area (Å²) in [5, 5.41) is 0. The summed E-state index contributed by atoms with van der Waals surface area (Å²) in [6, 6.07) is 0. The first-order chi connectivity index (χ1) is 8.07. The maximum absolute atomic E-state index is 5.84. The van der Waals surface area contributed by atoms with Gasteiger partial charge in [-0.3, -0.25) is 0 Å². The van der Waals surface area contributed by atoms with Crippen LogP contribution in [0.2, 0.25) is 0 Å². The van der Waals surface area contributed by atoms with Gasteiger partial charge in [0, 0.05) is 26.3 Å². The third-order valence-corrected chi connectivity index (χ3v) is 3.60. The van der Waals surface area contributed by atoms with E-state index in [1.807, 2.05) is 0 Å². The van der Waals surface area contributed by atoms with Crippen LogP contribution in [0.25, 0.3) is 0 Å². The molecular formula is C14H30N2O. The zero-order valence-corrected chi connectivity index (χ0v) is 11.9. The van der Waals surface area contributed by atoms with Crippen LogP contribution in [0.3, 0.4) is 0 Å². The molecule has 1 heterocycles. The summed E-state index contributed by atoms with van der Waals surface area (Å²) >= 11 is 0. The highest BCUT2D eigenvalue weighted by atomic mass is 16.5. The third kappa shape index (κ3) is 5.84. The Morgan fingerprint density at radius 2 is 1.94 bits per heavy atom. The molecule has 0 atom stereocenters. The normalized spacial score (nSPS) is 18.9. The summed E-state index contributed by atoms with van der Waals surface area (Å²) < 4.78 is 5.42. The molecule has 3 nitrogen and oxygen atoms in total. The second-order valence-electron chi connectivity index (χ2n) is 6.16. The Morgan fingerprint density at radius 1 is 1.29 bits per heavy atom. The summed E-state index contributed by atoms with van der Waals surface area (Å²) in [5.41, 5.74) is 6.07. The monoisotopic (exact) mass is 242 g/mol. The van der Waals surface area contributed by atoms with Gasteiger partial charge in [0.05, 0.1) is 0 Å². The Labute approximate surface area is 107 Å². The lowest BCUT2D eigenvalue weighted by Gasteiger charge is -2.35. The van der Waals surface area contributed by atoms with Gasteiger partial charge in [-0.2, -0.15) is 0 Å². The fourth-order valence-corrected chi connectivity index (χ4v) is 2.52. The van der Waals surface area contributed by atoms with E-state index in [0.29, 0.717) is 0 Å². The largest absolute Gasteiger partial charge is 0.381 e. The Balaban J connectivity index is 2.41. The molecular weight excluding hydrogens is 212 g/mol. The molecule has 102 valence electrons. The first-order valence-electron chi connectivity index (χ1n) is 7.07. The standard InChI is InChI=1S/C14H30N2O/c1-4-7-16(12-14(2,3)11-15)10-13-5-8-17-9-6-13/h13H,4-12,15H2,1-3H3. The maximum Gasteiger partial charge on any atom is 0.0469 e. The van der Waals surface area contributed by atoms with Gasteiger partial charge in [-0.05, 0) is 43.7 Å². The van der Waals surface area contributed by atoms with Gasteiger partial charge < -0.3 is 15.4 Å². The molecule has 0 aromatic heterocycles. The van der Waals surface area contributed by atoms with Crippen molar-refractivity contribution in [2.75, 3.05) is 39.4 Å². The van der Waals surface area contributed by atoms with E-state index in [0.717, 1.165) is 32.2 Å². The van der Waals surface area contributed by atoms with Gasteiger partial charge in [0.2, 0.25) is 0 Å². The molecule has 1 saturated heterocycles. The molecule has 0 unspecified atom stereocenters. The van der Waals surface area contributed by atoms with Gasteiger partial charge in [0.1, 0.15) is 0 Å². The predicted octanol–water partition coefficient (Wildman–Crippen LogP) is 2.11. The number of nitrogens with two attached hydrogens (primary N) is 1. The van der Waals surface area contributed by atoms with Crippen LogP contribution >= 0.6 is 0 Å².